The van der Waals surface area contributed by atoms with Crippen molar-refractivity contribution in [3.8, 4) is 0 Å². The first-order chi connectivity index (χ1) is 13.5. The molecule has 0 radical (unpaired) electrons. The van der Waals surface area contributed by atoms with Gasteiger partial charge >= 0.3 is 0 Å². The van der Waals surface area contributed by atoms with Crippen LogP contribution in [0.4, 0.5) is 5.69 Å². The molecule has 4 heteroatoms. The van der Waals surface area contributed by atoms with E-state index in [1.165, 1.54) is 29.0 Å². The smallest absolute Gasteiger partial charge is 0.221 e. The third-order valence-electron chi connectivity index (χ3n) is 5.41. The van der Waals surface area contributed by atoms with Crippen molar-refractivity contribution in [1.82, 2.24) is 5.32 Å². The largest absolute Gasteiger partial charge is 0.371 e. The average Bonchev–Trinajstić information content (AvgIpc) is 2.69. The summed E-state index contributed by atoms with van der Waals surface area (Å²) in [4.78, 5) is 16.0. The Kier molecular flexibility index (Phi) is 7.43. The van der Waals surface area contributed by atoms with Crippen LogP contribution >= 0.6 is 11.8 Å². The predicted molar refractivity (Wildman–Crippen MR) is 120 cm³/mol. The number of carbonyl (C=O) groups excluding carboxylic acids is 1. The monoisotopic (exact) mass is 396 g/mol. The highest BCUT2D eigenvalue weighted by molar-refractivity contribution is 7.99. The number of piperidine rings is 1. The van der Waals surface area contributed by atoms with E-state index in [1.807, 2.05) is 0 Å². The van der Waals surface area contributed by atoms with E-state index in [-0.39, 0.29) is 11.9 Å². The Labute approximate surface area is 173 Å². The molecule has 1 saturated heterocycles. The van der Waals surface area contributed by atoms with Crippen LogP contribution in [0.25, 0.3) is 0 Å². The van der Waals surface area contributed by atoms with Crippen LogP contribution in [0.3, 0.4) is 0 Å². The van der Waals surface area contributed by atoms with Crippen LogP contribution in [0.15, 0.2) is 53.4 Å². The molecule has 2 aromatic carbocycles. The first-order valence-electron chi connectivity index (χ1n) is 10.3. The molecule has 150 valence electrons. The van der Waals surface area contributed by atoms with Gasteiger partial charge in [0.1, 0.15) is 0 Å². The summed E-state index contributed by atoms with van der Waals surface area (Å²) >= 11 is 1.73. The Morgan fingerprint density at radius 3 is 2.57 bits per heavy atom. The number of hydrogen-bond donors (Lipinski definition) is 1. The molecule has 0 spiro atoms. The van der Waals surface area contributed by atoms with E-state index in [0.717, 1.165) is 30.3 Å². The molecule has 0 aromatic heterocycles. The standard InChI is InChI=1S/C24H32N2OS/c1-18-6-12-23(13-7-18)28-16-14-24(27)25-20(3)21-8-10-22(11-9-21)26-15-4-5-19(2)17-26/h6-13,19-20H,4-5,14-17H2,1-3H3,(H,25,27)/t19-,20-/m1/s1. The molecule has 1 aliphatic rings. The summed E-state index contributed by atoms with van der Waals surface area (Å²) in [7, 11) is 0. The zero-order valence-electron chi connectivity index (χ0n) is 17.3. The molecular weight excluding hydrogens is 364 g/mol. The van der Waals surface area contributed by atoms with Gasteiger partial charge in [-0.05, 0) is 62.4 Å². The van der Waals surface area contributed by atoms with E-state index in [9.17, 15) is 4.79 Å². The maximum absolute atomic E-state index is 12.3. The lowest BCUT2D eigenvalue weighted by atomic mass is 9.99. The highest BCUT2D eigenvalue weighted by atomic mass is 32.2. The van der Waals surface area contributed by atoms with Crippen molar-refractivity contribution in [2.75, 3.05) is 23.7 Å². The Balaban J connectivity index is 1.45. The van der Waals surface area contributed by atoms with Gasteiger partial charge in [0.2, 0.25) is 5.91 Å². The van der Waals surface area contributed by atoms with E-state index in [1.54, 1.807) is 11.8 Å². The summed E-state index contributed by atoms with van der Waals surface area (Å²) in [5, 5.41) is 3.13. The zero-order chi connectivity index (χ0) is 19.9. The number of benzene rings is 2. The van der Waals surface area contributed by atoms with Crippen molar-refractivity contribution in [1.29, 1.82) is 0 Å². The van der Waals surface area contributed by atoms with E-state index >= 15 is 0 Å². The number of anilines is 1. The molecule has 0 aliphatic carbocycles. The molecule has 1 aliphatic heterocycles. The third kappa shape index (κ3) is 6.03. The second-order valence-electron chi connectivity index (χ2n) is 7.99. The van der Waals surface area contributed by atoms with Crippen LogP contribution in [0.5, 0.6) is 0 Å². The first kappa shape index (κ1) is 20.8. The van der Waals surface area contributed by atoms with Crippen LogP contribution in [0.1, 0.15) is 50.3 Å². The van der Waals surface area contributed by atoms with Gasteiger partial charge in [-0.1, -0.05) is 36.8 Å². The van der Waals surface area contributed by atoms with Crippen molar-refractivity contribution >= 4 is 23.4 Å². The van der Waals surface area contributed by atoms with Gasteiger partial charge in [0.25, 0.3) is 0 Å². The molecule has 2 aromatic rings. The Morgan fingerprint density at radius 1 is 1.18 bits per heavy atom. The highest BCUT2D eigenvalue weighted by Crippen LogP contribution is 2.25. The second-order valence-corrected chi connectivity index (χ2v) is 9.15. The molecule has 0 saturated carbocycles. The number of hydrogen-bond acceptors (Lipinski definition) is 3. The van der Waals surface area contributed by atoms with Gasteiger partial charge < -0.3 is 10.2 Å². The van der Waals surface area contributed by atoms with E-state index in [4.69, 9.17) is 0 Å². The summed E-state index contributed by atoms with van der Waals surface area (Å²) in [5.74, 6) is 1.68. The number of thioether (sulfide) groups is 1. The number of nitrogens with zero attached hydrogens (tertiary/aromatic N) is 1. The van der Waals surface area contributed by atoms with Crippen molar-refractivity contribution in [2.24, 2.45) is 5.92 Å². The molecule has 0 bridgehead atoms. The molecule has 28 heavy (non-hydrogen) atoms. The number of aryl methyl sites for hydroxylation is 1. The van der Waals surface area contributed by atoms with Crippen LogP contribution in [-0.4, -0.2) is 24.7 Å². The Bertz CT molecular complexity index is 757. The van der Waals surface area contributed by atoms with Crippen molar-refractivity contribution in [2.45, 2.75) is 51.0 Å². The number of nitrogens with one attached hydrogen (secondary N) is 1. The molecule has 0 unspecified atom stereocenters. The highest BCUT2D eigenvalue weighted by Gasteiger charge is 2.17. The summed E-state index contributed by atoms with van der Waals surface area (Å²) in [6.07, 6.45) is 3.14. The normalized spacial score (nSPS) is 18.0. The SMILES string of the molecule is Cc1ccc(SCCC(=O)N[C@H](C)c2ccc(N3CCC[C@@H](C)C3)cc2)cc1. The lowest BCUT2D eigenvalue weighted by Crippen LogP contribution is -2.34. The molecule has 1 N–H and O–H groups in total. The van der Waals surface area contributed by atoms with E-state index in [2.05, 4.69) is 79.5 Å². The molecule has 1 fully saturated rings. The van der Waals surface area contributed by atoms with Crippen LogP contribution in [-0.2, 0) is 4.79 Å². The fourth-order valence-corrected chi connectivity index (χ4v) is 4.54. The van der Waals surface area contributed by atoms with Gasteiger partial charge in [-0.3, -0.25) is 4.79 Å². The molecule has 1 amide bonds. The average molecular weight is 397 g/mol. The molecule has 2 atom stereocenters. The molecular formula is C24H32N2OS. The van der Waals surface area contributed by atoms with Crippen LogP contribution in [0, 0.1) is 12.8 Å². The summed E-state index contributed by atoms with van der Waals surface area (Å²) in [5.41, 5.74) is 3.72. The van der Waals surface area contributed by atoms with Gasteiger partial charge in [-0.25, -0.2) is 0 Å². The van der Waals surface area contributed by atoms with Crippen LogP contribution < -0.4 is 10.2 Å². The minimum absolute atomic E-state index is 0.0335. The number of rotatable bonds is 7. The summed E-state index contributed by atoms with van der Waals surface area (Å²) in [6.45, 7) is 8.76. The minimum Gasteiger partial charge on any atom is -0.371 e. The lowest BCUT2D eigenvalue weighted by Gasteiger charge is -2.33. The van der Waals surface area contributed by atoms with Crippen molar-refractivity contribution < 1.29 is 4.79 Å². The van der Waals surface area contributed by atoms with Gasteiger partial charge in [0.15, 0.2) is 0 Å². The van der Waals surface area contributed by atoms with Gasteiger partial charge in [0.05, 0.1) is 6.04 Å². The van der Waals surface area contributed by atoms with Crippen LogP contribution in [0.2, 0.25) is 0 Å². The van der Waals surface area contributed by atoms with E-state index < -0.39 is 0 Å². The predicted octanol–water partition coefficient (Wildman–Crippen LogP) is 5.59. The number of carbonyl (C=O) groups is 1. The molecule has 1 heterocycles. The number of amides is 1. The second kappa shape index (κ2) is 10.0. The lowest BCUT2D eigenvalue weighted by molar-refractivity contribution is -0.121. The Morgan fingerprint density at radius 2 is 1.89 bits per heavy atom. The third-order valence-corrected chi connectivity index (χ3v) is 6.43. The Hall–Kier alpha value is -1.94. The molecule has 3 nitrogen and oxygen atoms in total. The zero-order valence-corrected chi connectivity index (χ0v) is 18.1. The topological polar surface area (TPSA) is 32.3 Å². The van der Waals surface area contributed by atoms with Gasteiger partial charge in [0, 0.05) is 35.8 Å². The minimum atomic E-state index is 0.0335. The van der Waals surface area contributed by atoms with E-state index in [0.29, 0.717) is 6.42 Å². The van der Waals surface area contributed by atoms with Gasteiger partial charge in [-0.15, -0.1) is 11.8 Å². The quantitative estimate of drug-likeness (QED) is 0.619. The summed E-state index contributed by atoms with van der Waals surface area (Å²) in [6, 6.07) is 17.2. The summed E-state index contributed by atoms with van der Waals surface area (Å²) < 4.78 is 0. The molecule has 3 rings (SSSR count). The van der Waals surface area contributed by atoms with Crippen molar-refractivity contribution in [3.05, 3.63) is 59.7 Å². The first-order valence-corrected chi connectivity index (χ1v) is 11.3. The van der Waals surface area contributed by atoms with Gasteiger partial charge in [-0.2, -0.15) is 0 Å². The van der Waals surface area contributed by atoms with Crippen molar-refractivity contribution in [3.63, 3.8) is 0 Å². The maximum atomic E-state index is 12.3. The maximum Gasteiger partial charge on any atom is 0.221 e. The fraction of sp³-hybridized carbons (Fsp3) is 0.458. The fourth-order valence-electron chi connectivity index (χ4n) is 3.69.